The van der Waals surface area contributed by atoms with E-state index < -0.39 is 16.2 Å². The molecule has 0 radical (unpaired) electrons. The molecule has 0 amide bonds. The van der Waals surface area contributed by atoms with Crippen molar-refractivity contribution in [3.05, 3.63) is 28.2 Å². The van der Waals surface area contributed by atoms with Crippen molar-refractivity contribution in [1.29, 1.82) is 0 Å². The van der Waals surface area contributed by atoms with Crippen LogP contribution in [0, 0.1) is 0 Å². The van der Waals surface area contributed by atoms with Gasteiger partial charge in [0.05, 0.1) is 17.9 Å². The largest absolute Gasteiger partial charge is 0.462 e. The number of hydrogen-bond donors (Lipinski definition) is 2. The number of nitrogens with one attached hydrogen (secondary N) is 2. The van der Waals surface area contributed by atoms with Gasteiger partial charge in [-0.1, -0.05) is 0 Å². The minimum atomic E-state index is -3.65. The molecule has 2 N–H and O–H groups in total. The fraction of sp³-hybridized carbons (Fsp3) is 0.417. The number of halogens is 1. The van der Waals surface area contributed by atoms with E-state index in [1.54, 1.807) is 20.8 Å². The van der Waals surface area contributed by atoms with Crippen LogP contribution in [0.3, 0.4) is 0 Å². The molecule has 0 heterocycles. The third kappa shape index (κ3) is 5.10. The molecule has 0 aliphatic carbocycles. The second-order valence-corrected chi connectivity index (χ2v) is 6.59. The number of hydrogen-bond acceptors (Lipinski definition) is 4. The summed E-state index contributed by atoms with van der Waals surface area (Å²) in [5.74, 6) is -0.456. The lowest BCUT2D eigenvalue weighted by molar-refractivity contribution is 0.0526. The number of anilines is 1. The molecule has 1 rings (SSSR count). The van der Waals surface area contributed by atoms with Crippen LogP contribution in [-0.2, 0) is 14.9 Å². The molecule has 0 aliphatic rings. The van der Waals surface area contributed by atoms with Crippen LogP contribution >= 0.6 is 15.9 Å². The molecule has 8 heteroatoms. The Labute approximate surface area is 127 Å². The fourth-order valence-corrected chi connectivity index (χ4v) is 3.18. The first-order valence-corrected chi connectivity index (χ1v) is 8.29. The van der Waals surface area contributed by atoms with E-state index in [2.05, 4.69) is 25.4 Å². The predicted molar refractivity (Wildman–Crippen MR) is 80.9 cm³/mol. The Bertz CT molecular complexity index is 587. The van der Waals surface area contributed by atoms with E-state index in [1.807, 2.05) is 0 Å². The van der Waals surface area contributed by atoms with E-state index in [-0.39, 0.29) is 12.6 Å². The summed E-state index contributed by atoms with van der Waals surface area (Å²) in [4.78, 5) is 11.5. The monoisotopic (exact) mass is 364 g/mol. The van der Waals surface area contributed by atoms with Crippen LogP contribution in [0.1, 0.15) is 31.1 Å². The summed E-state index contributed by atoms with van der Waals surface area (Å²) in [5.41, 5.74) is 0.685. The molecule has 1 aromatic carbocycles. The average Bonchev–Trinajstić information content (AvgIpc) is 2.30. The van der Waals surface area contributed by atoms with Crippen molar-refractivity contribution >= 4 is 37.8 Å². The van der Waals surface area contributed by atoms with Gasteiger partial charge in [0, 0.05) is 10.5 Å². The second kappa shape index (κ2) is 7.05. The van der Waals surface area contributed by atoms with Crippen molar-refractivity contribution in [3.8, 4) is 0 Å². The quantitative estimate of drug-likeness (QED) is 0.758. The molecule has 112 valence electrons. The van der Waals surface area contributed by atoms with Crippen LogP contribution in [0.25, 0.3) is 0 Å². The molecule has 0 atom stereocenters. The zero-order valence-corrected chi connectivity index (χ0v) is 13.8. The second-order valence-electron chi connectivity index (χ2n) is 4.29. The Balaban J connectivity index is 2.92. The molecule has 0 saturated carbocycles. The number of benzene rings is 1. The molecule has 0 fully saturated rings. The summed E-state index contributed by atoms with van der Waals surface area (Å²) < 4.78 is 33.6. The predicted octanol–water partition coefficient (Wildman–Crippen LogP) is 2.28. The summed E-state index contributed by atoms with van der Waals surface area (Å²) >= 11 is 3.22. The van der Waals surface area contributed by atoms with Gasteiger partial charge in [-0.2, -0.15) is 13.1 Å². The van der Waals surface area contributed by atoms with Gasteiger partial charge in [0.15, 0.2) is 0 Å². The molecule has 0 aromatic heterocycles. The van der Waals surface area contributed by atoms with Gasteiger partial charge in [0.1, 0.15) is 0 Å². The van der Waals surface area contributed by atoms with Crippen LogP contribution in [0.15, 0.2) is 22.7 Å². The fourth-order valence-electron chi connectivity index (χ4n) is 1.42. The highest BCUT2D eigenvalue weighted by Gasteiger charge is 2.15. The molecule has 1 aromatic rings. The maximum Gasteiger partial charge on any atom is 0.338 e. The number of ether oxygens (including phenoxy) is 1. The number of carbonyl (C=O) groups excluding carboxylic acids is 1. The molecule has 6 nitrogen and oxygen atoms in total. The molecule has 0 aliphatic heterocycles. The smallest absolute Gasteiger partial charge is 0.338 e. The van der Waals surface area contributed by atoms with Crippen molar-refractivity contribution in [2.45, 2.75) is 26.8 Å². The van der Waals surface area contributed by atoms with Crippen LogP contribution in [-0.4, -0.2) is 27.0 Å². The molecule has 0 saturated heterocycles. The van der Waals surface area contributed by atoms with Gasteiger partial charge in [0.2, 0.25) is 0 Å². The van der Waals surface area contributed by atoms with Crippen molar-refractivity contribution in [2.24, 2.45) is 0 Å². The van der Waals surface area contributed by atoms with E-state index in [9.17, 15) is 13.2 Å². The van der Waals surface area contributed by atoms with Gasteiger partial charge >= 0.3 is 5.97 Å². The maximum absolute atomic E-state index is 11.7. The van der Waals surface area contributed by atoms with E-state index in [0.717, 1.165) is 0 Å². The molecule has 0 unspecified atom stereocenters. The Kier molecular flexibility index (Phi) is 5.97. The first-order valence-electron chi connectivity index (χ1n) is 6.02. The van der Waals surface area contributed by atoms with Crippen LogP contribution in [0.2, 0.25) is 0 Å². The molecular weight excluding hydrogens is 348 g/mol. The lowest BCUT2D eigenvalue weighted by Gasteiger charge is -2.13. The van der Waals surface area contributed by atoms with E-state index in [4.69, 9.17) is 4.74 Å². The molecule has 0 spiro atoms. The Morgan fingerprint density at radius 3 is 2.55 bits per heavy atom. The SMILES string of the molecule is CCOC(=O)c1ccc(NS(=O)(=O)NC(C)C)c(Br)c1. The van der Waals surface area contributed by atoms with Crippen LogP contribution in [0.4, 0.5) is 5.69 Å². The summed E-state index contributed by atoms with van der Waals surface area (Å²) in [6.07, 6.45) is 0. The summed E-state index contributed by atoms with van der Waals surface area (Å²) in [6.45, 7) is 5.44. The zero-order valence-electron chi connectivity index (χ0n) is 11.4. The minimum Gasteiger partial charge on any atom is -0.462 e. The Morgan fingerprint density at radius 1 is 1.40 bits per heavy atom. The average molecular weight is 365 g/mol. The van der Waals surface area contributed by atoms with E-state index >= 15 is 0 Å². The number of esters is 1. The van der Waals surface area contributed by atoms with Gasteiger partial charge in [0.25, 0.3) is 10.2 Å². The summed E-state index contributed by atoms with van der Waals surface area (Å²) in [5, 5.41) is 0. The highest BCUT2D eigenvalue weighted by atomic mass is 79.9. The van der Waals surface area contributed by atoms with Crippen molar-refractivity contribution < 1.29 is 17.9 Å². The van der Waals surface area contributed by atoms with Crippen molar-refractivity contribution in [3.63, 3.8) is 0 Å². The summed E-state index contributed by atoms with van der Waals surface area (Å²) in [6, 6.07) is 4.28. The van der Waals surface area contributed by atoms with E-state index in [0.29, 0.717) is 15.7 Å². The minimum absolute atomic E-state index is 0.218. The number of rotatable bonds is 6. The first-order chi connectivity index (χ1) is 9.25. The lowest BCUT2D eigenvalue weighted by atomic mass is 10.2. The maximum atomic E-state index is 11.7. The Morgan fingerprint density at radius 2 is 2.05 bits per heavy atom. The normalized spacial score (nSPS) is 11.4. The van der Waals surface area contributed by atoms with Crippen molar-refractivity contribution in [2.75, 3.05) is 11.3 Å². The van der Waals surface area contributed by atoms with Gasteiger partial charge < -0.3 is 4.74 Å². The molecule has 0 bridgehead atoms. The third-order valence-electron chi connectivity index (χ3n) is 2.12. The van der Waals surface area contributed by atoms with Crippen LogP contribution < -0.4 is 9.44 Å². The first kappa shape index (κ1) is 16.9. The van der Waals surface area contributed by atoms with Gasteiger partial charge in [-0.05, 0) is 54.9 Å². The topological polar surface area (TPSA) is 84.5 Å². The molecule has 20 heavy (non-hydrogen) atoms. The van der Waals surface area contributed by atoms with E-state index in [1.165, 1.54) is 18.2 Å². The Hall–Kier alpha value is -1.12. The highest BCUT2D eigenvalue weighted by molar-refractivity contribution is 9.10. The standard InChI is InChI=1S/C12H17BrN2O4S/c1-4-19-12(16)9-5-6-11(10(13)7-9)15-20(17,18)14-8(2)3/h5-8,14-15H,4H2,1-3H3. The number of carbonyl (C=O) groups is 1. The summed E-state index contributed by atoms with van der Waals surface area (Å²) in [7, 11) is -3.65. The zero-order chi connectivity index (χ0) is 15.3. The van der Waals surface area contributed by atoms with Gasteiger partial charge in [-0.25, -0.2) is 4.79 Å². The highest BCUT2D eigenvalue weighted by Crippen LogP contribution is 2.24. The third-order valence-corrected chi connectivity index (χ3v) is 4.04. The van der Waals surface area contributed by atoms with Crippen LogP contribution in [0.5, 0.6) is 0 Å². The molecular formula is C12H17BrN2O4S. The van der Waals surface area contributed by atoms with Crippen molar-refractivity contribution in [1.82, 2.24) is 4.72 Å². The van der Waals surface area contributed by atoms with Gasteiger partial charge in [-0.15, -0.1) is 0 Å². The van der Waals surface area contributed by atoms with Gasteiger partial charge in [-0.3, -0.25) is 4.72 Å². The lowest BCUT2D eigenvalue weighted by Crippen LogP contribution is -2.35.